The van der Waals surface area contributed by atoms with E-state index in [0.29, 0.717) is 31.1 Å². The van der Waals surface area contributed by atoms with Crippen LogP contribution in [0.4, 0.5) is 0 Å². The van der Waals surface area contributed by atoms with Gasteiger partial charge in [-0.15, -0.1) is 0 Å². The second kappa shape index (κ2) is 5.75. The smallest absolute Gasteiger partial charge is 0.246 e. The summed E-state index contributed by atoms with van der Waals surface area (Å²) in [5.74, 6) is -0.0498. The molecule has 0 spiro atoms. The van der Waals surface area contributed by atoms with Crippen molar-refractivity contribution in [1.82, 2.24) is 14.7 Å². The zero-order valence-corrected chi connectivity index (χ0v) is 11.9. The maximum Gasteiger partial charge on any atom is 0.246 e. The molecule has 1 fully saturated rings. The summed E-state index contributed by atoms with van der Waals surface area (Å²) in [6.45, 7) is 3.06. The Balaban J connectivity index is 2.04. The maximum absolute atomic E-state index is 12.0. The second-order valence-electron chi connectivity index (χ2n) is 4.80. The van der Waals surface area contributed by atoms with Crippen LogP contribution in [0.15, 0.2) is 6.08 Å². The molecule has 0 aliphatic carbocycles. The largest absolute Gasteiger partial charge is 0.393 e. The number of aliphatic hydroxyl groups is 1. The van der Waals surface area contributed by atoms with Gasteiger partial charge in [-0.2, -0.15) is 5.10 Å². The number of carbonyl (C=O) groups is 1. The third-order valence-corrected chi connectivity index (χ3v) is 3.81. The van der Waals surface area contributed by atoms with Gasteiger partial charge < -0.3 is 10.0 Å². The van der Waals surface area contributed by atoms with E-state index < -0.39 is 0 Å². The molecule has 6 heteroatoms. The lowest BCUT2D eigenvalue weighted by molar-refractivity contribution is -0.127. The van der Waals surface area contributed by atoms with Crippen LogP contribution in [0.2, 0.25) is 5.15 Å². The highest BCUT2D eigenvalue weighted by Crippen LogP contribution is 2.20. The fourth-order valence-corrected chi connectivity index (χ4v) is 2.42. The highest BCUT2D eigenvalue weighted by atomic mass is 35.5. The van der Waals surface area contributed by atoms with Gasteiger partial charge >= 0.3 is 0 Å². The van der Waals surface area contributed by atoms with E-state index in [2.05, 4.69) is 5.10 Å². The SMILES string of the molecule is Cc1nn(C)c(Cl)c1/C=C/C(=O)N1CCC(O)CC1. The zero-order chi connectivity index (χ0) is 14.0. The number of likely N-dealkylation sites (tertiary alicyclic amines) is 1. The first-order valence-corrected chi connectivity index (χ1v) is 6.71. The molecule has 1 aliphatic heterocycles. The molecule has 0 aromatic carbocycles. The molecule has 0 atom stereocenters. The number of hydrogen-bond donors (Lipinski definition) is 1. The second-order valence-corrected chi connectivity index (χ2v) is 5.16. The fraction of sp³-hybridized carbons (Fsp3) is 0.538. The van der Waals surface area contributed by atoms with Crippen LogP contribution in [-0.4, -0.2) is 44.9 Å². The van der Waals surface area contributed by atoms with Gasteiger partial charge in [0.2, 0.25) is 5.91 Å². The van der Waals surface area contributed by atoms with Crippen molar-refractivity contribution in [2.24, 2.45) is 7.05 Å². The number of halogens is 1. The number of carbonyl (C=O) groups excluding carboxylic acids is 1. The van der Waals surface area contributed by atoms with Gasteiger partial charge in [-0.3, -0.25) is 9.48 Å². The topological polar surface area (TPSA) is 58.4 Å². The Bertz CT molecular complexity index is 502. The Morgan fingerprint density at radius 2 is 2.11 bits per heavy atom. The summed E-state index contributed by atoms with van der Waals surface area (Å²) < 4.78 is 1.58. The van der Waals surface area contributed by atoms with Crippen molar-refractivity contribution in [3.8, 4) is 0 Å². The van der Waals surface area contributed by atoms with Gasteiger partial charge in [0.05, 0.1) is 11.8 Å². The van der Waals surface area contributed by atoms with Crippen molar-refractivity contribution in [2.45, 2.75) is 25.9 Å². The third-order valence-electron chi connectivity index (χ3n) is 3.36. The van der Waals surface area contributed by atoms with Crippen LogP contribution < -0.4 is 0 Å². The molecule has 1 aromatic heterocycles. The zero-order valence-electron chi connectivity index (χ0n) is 11.1. The predicted molar refractivity (Wildman–Crippen MR) is 73.8 cm³/mol. The van der Waals surface area contributed by atoms with Crippen LogP contribution in [0.3, 0.4) is 0 Å². The van der Waals surface area contributed by atoms with E-state index >= 15 is 0 Å². The molecule has 104 valence electrons. The minimum Gasteiger partial charge on any atom is -0.393 e. The standard InChI is InChI=1S/C13H18ClN3O2/c1-9-11(13(14)16(2)15-9)3-4-12(19)17-7-5-10(18)6-8-17/h3-4,10,18H,5-8H2,1-2H3/b4-3+. The summed E-state index contributed by atoms with van der Waals surface area (Å²) in [7, 11) is 1.76. The van der Waals surface area contributed by atoms with E-state index in [-0.39, 0.29) is 12.0 Å². The van der Waals surface area contributed by atoms with Gasteiger partial charge in [0, 0.05) is 31.8 Å². The number of aryl methyl sites for hydroxylation is 2. The molecule has 2 rings (SSSR count). The third kappa shape index (κ3) is 3.16. The first-order valence-electron chi connectivity index (χ1n) is 6.33. The van der Waals surface area contributed by atoms with Crippen molar-refractivity contribution in [2.75, 3.05) is 13.1 Å². The Hall–Kier alpha value is -1.33. The van der Waals surface area contributed by atoms with Gasteiger partial charge in [-0.05, 0) is 25.8 Å². The molecule has 1 aliphatic rings. The molecule has 1 saturated heterocycles. The summed E-state index contributed by atoms with van der Waals surface area (Å²) in [6, 6.07) is 0. The minimum absolute atomic E-state index is 0.0498. The van der Waals surface area contributed by atoms with Crippen molar-refractivity contribution in [1.29, 1.82) is 0 Å². The fourth-order valence-electron chi connectivity index (χ4n) is 2.18. The molecular formula is C13H18ClN3O2. The molecule has 2 heterocycles. The quantitative estimate of drug-likeness (QED) is 0.834. The van der Waals surface area contributed by atoms with Crippen LogP contribution in [0, 0.1) is 6.92 Å². The predicted octanol–water partition coefficient (Wildman–Crippen LogP) is 1.38. The van der Waals surface area contributed by atoms with Gasteiger partial charge in [-0.1, -0.05) is 11.6 Å². The highest BCUT2D eigenvalue weighted by molar-refractivity contribution is 6.31. The van der Waals surface area contributed by atoms with Crippen molar-refractivity contribution in [3.05, 3.63) is 22.5 Å². The molecule has 0 bridgehead atoms. The number of hydrogen-bond acceptors (Lipinski definition) is 3. The average molecular weight is 284 g/mol. The van der Waals surface area contributed by atoms with Crippen molar-refractivity contribution >= 4 is 23.6 Å². The van der Waals surface area contributed by atoms with Crippen LogP contribution in [0.5, 0.6) is 0 Å². The maximum atomic E-state index is 12.0. The summed E-state index contributed by atoms with van der Waals surface area (Å²) in [4.78, 5) is 13.7. The molecule has 0 radical (unpaired) electrons. The van der Waals surface area contributed by atoms with E-state index in [4.69, 9.17) is 11.6 Å². The number of piperidine rings is 1. The molecule has 0 saturated carbocycles. The molecular weight excluding hydrogens is 266 g/mol. The van der Waals surface area contributed by atoms with Crippen molar-refractivity contribution < 1.29 is 9.90 Å². The van der Waals surface area contributed by atoms with E-state index in [1.165, 1.54) is 6.08 Å². The number of nitrogens with zero attached hydrogens (tertiary/aromatic N) is 3. The summed E-state index contributed by atoms with van der Waals surface area (Å²) >= 11 is 6.09. The monoisotopic (exact) mass is 283 g/mol. The molecule has 5 nitrogen and oxygen atoms in total. The Morgan fingerprint density at radius 3 is 2.63 bits per heavy atom. The number of aromatic nitrogens is 2. The van der Waals surface area contributed by atoms with Crippen LogP contribution in [0.25, 0.3) is 6.08 Å². The first-order chi connectivity index (χ1) is 8.99. The van der Waals surface area contributed by atoms with Crippen LogP contribution in [0.1, 0.15) is 24.1 Å². The van der Waals surface area contributed by atoms with Gasteiger partial charge in [0.1, 0.15) is 5.15 Å². The highest BCUT2D eigenvalue weighted by Gasteiger charge is 2.19. The summed E-state index contributed by atoms with van der Waals surface area (Å²) in [6.07, 6.45) is 4.24. The number of rotatable bonds is 2. The molecule has 1 N–H and O–H groups in total. The molecule has 19 heavy (non-hydrogen) atoms. The summed E-state index contributed by atoms with van der Waals surface area (Å²) in [5, 5.41) is 14.1. The van der Waals surface area contributed by atoms with E-state index in [1.54, 1.807) is 22.7 Å². The lowest BCUT2D eigenvalue weighted by Gasteiger charge is -2.28. The lowest BCUT2D eigenvalue weighted by Crippen LogP contribution is -2.39. The Morgan fingerprint density at radius 1 is 1.47 bits per heavy atom. The van der Waals surface area contributed by atoms with Crippen molar-refractivity contribution in [3.63, 3.8) is 0 Å². The van der Waals surface area contributed by atoms with Gasteiger partial charge in [0.25, 0.3) is 0 Å². The lowest BCUT2D eigenvalue weighted by atomic mass is 10.1. The van der Waals surface area contributed by atoms with Crippen LogP contribution in [-0.2, 0) is 11.8 Å². The molecule has 1 amide bonds. The molecule has 1 aromatic rings. The van der Waals surface area contributed by atoms with Gasteiger partial charge in [-0.25, -0.2) is 0 Å². The Kier molecular flexibility index (Phi) is 4.27. The number of amides is 1. The van der Waals surface area contributed by atoms with Gasteiger partial charge in [0.15, 0.2) is 0 Å². The average Bonchev–Trinajstić information content (AvgIpc) is 2.62. The normalized spacial score (nSPS) is 17.4. The minimum atomic E-state index is -0.275. The van der Waals surface area contributed by atoms with E-state index in [0.717, 1.165) is 11.3 Å². The van der Waals surface area contributed by atoms with E-state index in [9.17, 15) is 9.90 Å². The Labute approximate surface area is 117 Å². The molecule has 0 unspecified atom stereocenters. The number of aliphatic hydroxyl groups excluding tert-OH is 1. The first kappa shape index (κ1) is 14.1. The summed E-state index contributed by atoms with van der Waals surface area (Å²) in [5.41, 5.74) is 1.57. The van der Waals surface area contributed by atoms with E-state index in [1.807, 2.05) is 6.92 Å². The van der Waals surface area contributed by atoms with Crippen LogP contribution >= 0.6 is 11.6 Å².